The Bertz CT molecular complexity index is 577. The molecule has 1 aliphatic rings. The van der Waals surface area contributed by atoms with Gasteiger partial charge in [0.25, 0.3) is 0 Å². The summed E-state index contributed by atoms with van der Waals surface area (Å²) in [6.07, 6.45) is 4.75. The highest BCUT2D eigenvalue weighted by Crippen LogP contribution is 2.45. The number of aryl methyl sites for hydroxylation is 1. The van der Waals surface area contributed by atoms with E-state index in [0.29, 0.717) is 11.7 Å². The molecular weight excluding hydrogens is 238 g/mol. The van der Waals surface area contributed by atoms with Gasteiger partial charge in [-0.05, 0) is 36.5 Å². The van der Waals surface area contributed by atoms with Crippen molar-refractivity contribution in [3.63, 3.8) is 0 Å². The van der Waals surface area contributed by atoms with Crippen molar-refractivity contribution in [3.05, 3.63) is 46.8 Å². The average molecular weight is 257 g/mol. The lowest BCUT2D eigenvalue weighted by molar-refractivity contribution is 0.445. The molecule has 0 bridgehead atoms. The number of nitrogens with one attached hydrogen (secondary N) is 2. The van der Waals surface area contributed by atoms with Crippen LogP contribution in [0, 0.1) is 6.92 Å². The molecule has 3 rings (SSSR count). The number of hydrogen-bond donors (Lipinski definition) is 3. The molecule has 19 heavy (non-hydrogen) atoms. The molecular formula is C15H19N3O. The van der Waals surface area contributed by atoms with Crippen LogP contribution in [0.3, 0.4) is 0 Å². The number of aromatic hydroxyl groups is 1. The number of fused-ring (bicyclic) bond motifs is 1. The molecule has 1 aromatic heterocycles. The van der Waals surface area contributed by atoms with E-state index in [-0.39, 0.29) is 6.04 Å². The van der Waals surface area contributed by atoms with Crippen molar-refractivity contribution in [1.82, 2.24) is 15.5 Å². The number of nitrogens with zero attached hydrogens (tertiary/aromatic N) is 1. The largest absolute Gasteiger partial charge is 0.508 e. The van der Waals surface area contributed by atoms with Crippen LogP contribution >= 0.6 is 0 Å². The Morgan fingerprint density at radius 1 is 1.42 bits per heavy atom. The van der Waals surface area contributed by atoms with Gasteiger partial charge in [-0.25, -0.2) is 0 Å². The summed E-state index contributed by atoms with van der Waals surface area (Å²) in [4.78, 5) is 0. The number of aromatic amines is 1. The van der Waals surface area contributed by atoms with Gasteiger partial charge in [-0.1, -0.05) is 13.0 Å². The zero-order valence-corrected chi connectivity index (χ0v) is 11.3. The highest BCUT2D eigenvalue weighted by Gasteiger charge is 2.31. The van der Waals surface area contributed by atoms with Crippen LogP contribution in [-0.2, 0) is 6.54 Å². The van der Waals surface area contributed by atoms with Gasteiger partial charge in [-0.15, -0.1) is 0 Å². The number of aromatic nitrogens is 2. The van der Waals surface area contributed by atoms with Gasteiger partial charge in [0.2, 0.25) is 0 Å². The second-order valence-electron chi connectivity index (χ2n) is 5.41. The van der Waals surface area contributed by atoms with Crippen LogP contribution in [0.2, 0.25) is 0 Å². The lowest BCUT2D eigenvalue weighted by Gasteiger charge is -2.15. The third-order valence-corrected chi connectivity index (χ3v) is 4.02. The van der Waals surface area contributed by atoms with Crippen molar-refractivity contribution in [1.29, 1.82) is 0 Å². The van der Waals surface area contributed by atoms with Crippen molar-refractivity contribution in [2.75, 3.05) is 0 Å². The molecule has 0 radical (unpaired) electrons. The summed E-state index contributed by atoms with van der Waals surface area (Å²) >= 11 is 0. The molecule has 0 amide bonds. The number of phenolic OH excluding ortho intramolecular Hbond substituents is 1. The quantitative estimate of drug-likeness (QED) is 0.792. The van der Waals surface area contributed by atoms with Crippen molar-refractivity contribution in [2.24, 2.45) is 0 Å². The van der Waals surface area contributed by atoms with E-state index in [9.17, 15) is 5.11 Å². The summed E-state index contributed by atoms with van der Waals surface area (Å²) in [5.41, 5.74) is 4.79. The van der Waals surface area contributed by atoms with E-state index in [1.807, 2.05) is 18.5 Å². The summed E-state index contributed by atoms with van der Waals surface area (Å²) in [6, 6.07) is 4.03. The van der Waals surface area contributed by atoms with Gasteiger partial charge in [-0.2, -0.15) is 5.10 Å². The molecule has 1 aromatic carbocycles. The van der Waals surface area contributed by atoms with Crippen molar-refractivity contribution in [3.8, 4) is 5.75 Å². The Hall–Kier alpha value is -1.81. The summed E-state index contributed by atoms with van der Waals surface area (Å²) in [7, 11) is 0. The van der Waals surface area contributed by atoms with Gasteiger partial charge < -0.3 is 10.4 Å². The maximum absolute atomic E-state index is 10.1. The molecule has 0 saturated carbocycles. The number of phenols is 1. The van der Waals surface area contributed by atoms with Crippen LogP contribution in [0.4, 0.5) is 0 Å². The van der Waals surface area contributed by atoms with Crippen LogP contribution in [0.25, 0.3) is 0 Å². The summed E-state index contributed by atoms with van der Waals surface area (Å²) < 4.78 is 0. The lowest BCUT2D eigenvalue weighted by Crippen LogP contribution is -2.18. The first-order valence-corrected chi connectivity index (χ1v) is 6.70. The van der Waals surface area contributed by atoms with E-state index in [1.165, 1.54) is 11.1 Å². The first-order valence-electron chi connectivity index (χ1n) is 6.70. The highest BCUT2D eigenvalue weighted by molar-refractivity contribution is 5.50. The first-order chi connectivity index (χ1) is 9.16. The molecule has 1 heterocycles. The molecule has 0 fully saturated rings. The zero-order valence-electron chi connectivity index (χ0n) is 11.3. The minimum absolute atomic E-state index is 0.222. The molecule has 0 spiro atoms. The van der Waals surface area contributed by atoms with E-state index in [1.54, 1.807) is 6.07 Å². The smallest absolute Gasteiger partial charge is 0.120 e. The predicted molar refractivity (Wildman–Crippen MR) is 74.0 cm³/mol. The zero-order chi connectivity index (χ0) is 13.4. The molecule has 2 atom stereocenters. The van der Waals surface area contributed by atoms with E-state index >= 15 is 0 Å². The Balaban J connectivity index is 1.85. The first kappa shape index (κ1) is 12.2. The van der Waals surface area contributed by atoms with Gasteiger partial charge >= 0.3 is 0 Å². The number of H-pyrrole nitrogens is 1. The van der Waals surface area contributed by atoms with E-state index in [0.717, 1.165) is 24.1 Å². The van der Waals surface area contributed by atoms with Crippen LogP contribution < -0.4 is 5.32 Å². The molecule has 0 aliphatic heterocycles. The van der Waals surface area contributed by atoms with Crippen LogP contribution in [0.1, 0.15) is 47.6 Å². The fourth-order valence-corrected chi connectivity index (χ4v) is 3.14. The van der Waals surface area contributed by atoms with Crippen LogP contribution in [0.5, 0.6) is 5.75 Å². The molecule has 0 saturated heterocycles. The fraction of sp³-hybridized carbons (Fsp3) is 0.400. The SMILES string of the molecule is Cc1ccc(O)c2c1C(C)CC2NCc1cn[nH]c1. The Kier molecular flexibility index (Phi) is 3.03. The van der Waals surface area contributed by atoms with Gasteiger partial charge in [-0.3, -0.25) is 5.10 Å². The predicted octanol–water partition coefficient (Wildman–Crippen LogP) is 2.76. The van der Waals surface area contributed by atoms with E-state index in [4.69, 9.17) is 0 Å². The van der Waals surface area contributed by atoms with Crippen molar-refractivity contribution < 1.29 is 5.11 Å². The molecule has 1 aliphatic carbocycles. The monoisotopic (exact) mass is 257 g/mol. The number of hydrogen-bond acceptors (Lipinski definition) is 3. The Morgan fingerprint density at radius 3 is 3.00 bits per heavy atom. The average Bonchev–Trinajstić information content (AvgIpc) is 2.99. The maximum atomic E-state index is 10.1. The number of benzene rings is 1. The standard InChI is InChI=1S/C15H19N3O/c1-9-3-4-13(19)15-12(5-10(2)14(9)15)16-6-11-7-17-18-8-11/h3-4,7-8,10,12,16,19H,5-6H2,1-2H3,(H,17,18). The summed E-state index contributed by atoms with van der Waals surface area (Å²) in [6.45, 7) is 5.11. The molecule has 4 heteroatoms. The number of rotatable bonds is 3. The van der Waals surface area contributed by atoms with Crippen LogP contribution in [-0.4, -0.2) is 15.3 Å². The molecule has 2 aromatic rings. The van der Waals surface area contributed by atoms with Gasteiger partial charge in [0.05, 0.1) is 6.20 Å². The second kappa shape index (κ2) is 4.70. The van der Waals surface area contributed by atoms with Gasteiger partial charge in [0.15, 0.2) is 0 Å². The van der Waals surface area contributed by atoms with E-state index in [2.05, 4.69) is 29.4 Å². The van der Waals surface area contributed by atoms with Gasteiger partial charge in [0, 0.05) is 29.9 Å². The minimum Gasteiger partial charge on any atom is -0.508 e. The molecule has 4 nitrogen and oxygen atoms in total. The Labute approximate surface area is 112 Å². The van der Waals surface area contributed by atoms with E-state index < -0.39 is 0 Å². The van der Waals surface area contributed by atoms with Gasteiger partial charge in [0.1, 0.15) is 5.75 Å². The molecule has 3 N–H and O–H groups in total. The summed E-state index contributed by atoms with van der Waals surface area (Å²) in [5.74, 6) is 0.901. The minimum atomic E-state index is 0.222. The molecule has 2 unspecified atom stereocenters. The molecule has 100 valence electrons. The van der Waals surface area contributed by atoms with Crippen molar-refractivity contribution >= 4 is 0 Å². The topological polar surface area (TPSA) is 60.9 Å². The third-order valence-electron chi connectivity index (χ3n) is 4.02. The maximum Gasteiger partial charge on any atom is 0.120 e. The fourth-order valence-electron chi connectivity index (χ4n) is 3.14. The third kappa shape index (κ3) is 2.12. The van der Waals surface area contributed by atoms with Crippen LogP contribution in [0.15, 0.2) is 24.5 Å². The second-order valence-corrected chi connectivity index (χ2v) is 5.41. The van der Waals surface area contributed by atoms with Crippen molar-refractivity contribution in [2.45, 2.75) is 38.8 Å². The summed E-state index contributed by atoms with van der Waals surface area (Å²) in [5, 5.41) is 20.4. The Morgan fingerprint density at radius 2 is 2.26 bits per heavy atom. The lowest BCUT2D eigenvalue weighted by atomic mass is 9.97. The highest BCUT2D eigenvalue weighted by atomic mass is 16.3. The normalized spacial score (nSPS) is 21.6.